The maximum Gasteiger partial charge on any atom is 0.188 e. The molecular formula is C11H7Cl2N3O2S. The SMILES string of the molecule is Cc1c(C#N)cnn1-c1cc(Cl)c(S(=O)O)cc1Cl. The Kier molecular flexibility index (Phi) is 3.92. The zero-order chi connectivity index (χ0) is 14.2. The van der Waals surface area contributed by atoms with Crippen molar-refractivity contribution in [2.75, 3.05) is 0 Å². The molecule has 2 aromatic rings. The van der Waals surface area contributed by atoms with E-state index < -0.39 is 11.1 Å². The zero-order valence-corrected chi connectivity index (χ0v) is 11.9. The molecule has 0 bridgehead atoms. The van der Waals surface area contributed by atoms with Crippen LogP contribution in [0.5, 0.6) is 0 Å². The van der Waals surface area contributed by atoms with E-state index in [4.69, 9.17) is 33.0 Å². The Labute approximate surface area is 121 Å². The first-order valence-electron chi connectivity index (χ1n) is 5.00. The van der Waals surface area contributed by atoms with E-state index in [0.29, 0.717) is 16.9 Å². The second kappa shape index (κ2) is 5.31. The molecule has 0 spiro atoms. The second-order valence-corrected chi connectivity index (χ2v) is 5.40. The smallest absolute Gasteiger partial charge is 0.188 e. The Hall–Kier alpha value is -1.39. The monoisotopic (exact) mass is 315 g/mol. The van der Waals surface area contributed by atoms with Crippen LogP contribution in [0.1, 0.15) is 11.3 Å². The van der Waals surface area contributed by atoms with Crippen molar-refractivity contribution >= 4 is 34.3 Å². The van der Waals surface area contributed by atoms with E-state index in [-0.39, 0.29) is 14.9 Å². The van der Waals surface area contributed by atoms with Crippen molar-refractivity contribution in [3.8, 4) is 11.8 Å². The van der Waals surface area contributed by atoms with Gasteiger partial charge in [0.1, 0.15) is 6.07 Å². The van der Waals surface area contributed by atoms with Crippen molar-refractivity contribution in [2.24, 2.45) is 0 Å². The largest absolute Gasteiger partial charge is 0.302 e. The van der Waals surface area contributed by atoms with Gasteiger partial charge in [0.2, 0.25) is 0 Å². The number of nitriles is 1. The molecule has 2 rings (SSSR count). The van der Waals surface area contributed by atoms with E-state index >= 15 is 0 Å². The topological polar surface area (TPSA) is 78.9 Å². The first-order valence-corrected chi connectivity index (χ1v) is 6.87. The highest BCUT2D eigenvalue weighted by molar-refractivity contribution is 7.79. The molecule has 0 aliphatic rings. The summed E-state index contributed by atoms with van der Waals surface area (Å²) >= 11 is 9.76. The maximum absolute atomic E-state index is 11.0. The molecule has 0 amide bonds. The van der Waals surface area contributed by atoms with Crippen LogP contribution in [-0.2, 0) is 11.1 Å². The summed E-state index contributed by atoms with van der Waals surface area (Å²) in [6, 6.07) is 4.75. The van der Waals surface area contributed by atoms with Crippen LogP contribution >= 0.6 is 23.2 Å². The van der Waals surface area contributed by atoms with Crippen LogP contribution in [0.3, 0.4) is 0 Å². The summed E-state index contributed by atoms with van der Waals surface area (Å²) in [7, 11) is 0. The van der Waals surface area contributed by atoms with Crippen LogP contribution in [0.25, 0.3) is 5.69 Å². The Morgan fingerprint density at radius 2 is 2.11 bits per heavy atom. The van der Waals surface area contributed by atoms with Crippen molar-refractivity contribution in [3.05, 3.63) is 39.6 Å². The van der Waals surface area contributed by atoms with E-state index in [2.05, 4.69) is 5.10 Å². The molecule has 8 heteroatoms. The molecule has 1 aromatic heterocycles. The van der Waals surface area contributed by atoms with Gasteiger partial charge >= 0.3 is 0 Å². The van der Waals surface area contributed by atoms with Crippen LogP contribution in [0.2, 0.25) is 10.0 Å². The van der Waals surface area contributed by atoms with Gasteiger partial charge in [0.05, 0.1) is 38.1 Å². The summed E-state index contributed by atoms with van der Waals surface area (Å²) in [6.07, 6.45) is 1.41. The van der Waals surface area contributed by atoms with E-state index in [1.165, 1.54) is 23.0 Å². The van der Waals surface area contributed by atoms with Crippen LogP contribution in [0, 0.1) is 18.3 Å². The third-order valence-electron chi connectivity index (χ3n) is 2.55. The number of hydrogen-bond donors (Lipinski definition) is 1. The zero-order valence-electron chi connectivity index (χ0n) is 9.59. The summed E-state index contributed by atoms with van der Waals surface area (Å²) in [5, 5.41) is 13.3. The first-order chi connectivity index (χ1) is 8.95. The maximum atomic E-state index is 11.0. The standard InChI is InChI=1S/C11H7Cl2N3O2S/c1-6-7(4-14)5-15-16(6)10-2-9(13)11(19(17)18)3-8(10)12/h2-3,5H,1H3,(H,17,18). The molecule has 1 heterocycles. The lowest BCUT2D eigenvalue weighted by Gasteiger charge is -2.09. The van der Waals surface area contributed by atoms with E-state index in [1.54, 1.807) is 6.92 Å². The number of benzene rings is 1. The highest BCUT2D eigenvalue weighted by atomic mass is 35.5. The van der Waals surface area contributed by atoms with Gasteiger partial charge in [-0.3, -0.25) is 0 Å². The van der Waals surface area contributed by atoms with Crippen LogP contribution in [0.4, 0.5) is 0 Å². The van der Waals surface area contributed by atoms with Gasteiger partial charge in [-0.05, 0) is 19.1 Å². The van der Waals surface area contributed by atoms with Gasteiger partial charge < -0.3 is 4.55 Å². The van der Waals surface area contributed by atoms with Gasteiger partial charge in [0.15, 0.2) is 11.1 Å². The van der Waals surface area contributed by atoms with Crippen molar-refractivity contribution in [3.63, 3.8) is 0 Å². The predicted molar refractivity (Wildman–Crippen MR) is 72.1 cm³/mol. The minimum absolute atomic E-state index is 0.0285. The van der Waals surface area contributed by atoms with Gasteiger partial charge in [0.25, 0.3) is 0 Å². The minimum Gasteiger partial charge on any atom is -0.302 e. The average Bonchev–Trinajstić information content (AvgIpc) is 2.72. The summed E-state index contributed by atoms with van der Waals surface area (Å²) in [6.45, 7) is 1.72. The van der Waals surface area contributed by atoms with Gasteiger partial charge in [0, 0.05) is 0 Å². The molecule has 1 N–H and O–H groups in total. The van der Waals surface area contributed by atoms with E-state index in [9.17, 15) is 4.21 Å². The third kappa shape index (κ3) is 2.51. The molecule has 98 valence electrons. The fourth-order valence-corrected chi connectivity index (χ4v) is 2.69. The molecule has 0 radical (unpaired) electrons. The molecule has 1 unspecified atom stereocenters. The lowest BCUT2D eigenvalue weighted by atomic mass is 10.2. The molecule has 0 aliphatic carbocycles. The van der Waals surface area contributed by atoms with Gasteiger partial charge in [-0.1, -0.05) is 23.2 Å². The van der Waals surface area contributed by atoms with Gasteiger partial charge in [-0.15, -0.1) is 0 Å². The molecule has 19 heavy (non-hydrogen) atoms. The van der Waals surface area contributed by atoms with Crippen LogP contribution < -0.4 is 0 Å². The molecule has 0 saturated carbocycles. The number of nitrogens with zero attached hydrogens (tertiary/aromatic N) is 3. The quantitative estimate of drug-likeness (QED) is 0.864. The molecule has 0 aliphatic heterocycles. The normalized spacial score (nSPS) is 12.2. The summed E-state index contributed by atoms with van der Waals surface area (Å²) in [5.74, 6) is 0. The van der Waals surface area contributed by atoms with Crippen molar-refractivity contribution in [1.82, 2.24) is 9.78 Å². The van der Waals surface area contributed by atoms with Gasteiger partial charge in [-0.25, -0.2) is 8.89 Å². The highest BCUT2D eigenvalue weighted by Gasteiger charge is 2.15. The van der Waals surface area contributed by atoms with Crippen molar-refractivity contribution < 1.29 is 8.76 Å². The van der Waals surface area contributed by atoms with Gasteiger partial charge in [-0.2, -0.15) is 10.4 Å². The fourth-order valence-electron chi connectivity index (χ4n) is 1.58. The Morgan fingerprint density at radius 3 is 2.63 bits per heavy atom. The third-order valence-corrected chi connectivity index (χ3v) is 3.99. The number of halogens is 2. The summed E-state index contributed by atoms with van der Waals surface area (Å²) in [5.41, 5.74) is 1.47. The predicted octanol–water partition coefficient (Wildman–Crippen LogP) is 2.94. The second-order valence-electron chi connectivity index (χ2n) is 3.65. The average molecular weight is 316 g/mol. The van der Waals surface area contributed by atoms with E-state index in [1.807, 2.05) is 6.07 Å². The first kappa shape index (κ1) is 14.0. The molecule has 0 fully saturated rings. The minimum atomic E-state index is -2.22. The fraction of sp³-hybridized carbons (Fsp3) is 0.0909. The Balaban J connectivity index is 2.64. The number of rotatable bonds is 2. The Morgan fingerprint density at radius 1 is 1.42 bits per heavy atom. The van der Waals surface area contributed by atoms with Crippen LogP contribution in [0.15, 0.2) is 23.2 Å². The number of hydrogen-bond acceptors (Lipinski definition) is 3. The van der Waals surface area contributed by atoms with Crippen molar-refractivity contribution in [2.45, 2.75) is 11.8 Å². The Bertz CT molecular complexity index is 721. The highest BCUT2D eigenvalue weighted by Crippen LogP contribution is 2.30. The molecule has 0 saturated heterocycles. The molecular weight excluding hydrogens is 309 g/mol. The lowest BCUT2D eigenvalue weighted by molar-refractivity contribution is 0.564. The molecule has 1 atom stereocenters. The van der Waals surface area contributed by atoms with Crippen LogP contribution in [-0.4, -0.2) is 18.5 Å². The lowest BCUT2D eigenvalue weighted by Crippen LogP contribution is -2.02. The molecule has 5 nitrogen and oxygen atoms in total. The number of aromatic nitrogens is 2. The summed E-state index contributed by atoms with van der Waals surface area (Å²) in [4.78, 5) is 0.0285. The molecule has 1 aromatic carbocycles. The van der Waals surface area contributed by atoms with E-state index in [0.717, 1.165) is 0 Å². The summed E-state index contributed by atoms with van der Waals surface area (Å²) < 4.78 is 21.5. The van der Waals surface area contributed by atoms with Crippen molar-refractivity contribution in [1.29, 1.82) is 5.26 Å².